The lowest BCUT2D eigenvalue weighted by Crippen LogP contribution is -2.43. The van der Waals surface area contributed by atoms with Gasteiger partial charge in [-0.1, -0.05) is 13.8 Å². The number of H-pyrrole nitrogens is 1. The van der Waals surface area contributed by atoms with Gasteiger partial charge in [0.05, 0.1) is 13.2 Å². The van der Waals surface area contributed by atoms with Crippen LogP contribution < -0.4 is 4.90 Å². The number of ether oxygens (including phenoxy) is 1. The van der Waals surface area contributed by atoms with Crippen LogP contribution in [0.3, 0.4) is 0 Å². The van der Waals surface area contributed by atoms with Crippen LogP contribution in [0.2, 0.25) is 0 Å². The molecule has 1 aliphatic heterocycles. The Balaban J connectivity index is 1.70. The van der Waals surface area contributed by atoms with Crippen molar-refractivity contribution in [2.75, 3.05) is 38.7 Å². The number of nitrogens with one attached hydrogen (secondary N) is 1. The van der Waals surface area contributed by atoms with Gasteiger partial charge < -0.3 is 14.5 Å². The van der Waals surface area contributed by atoms with Crippen LogP contribution >= 0.6 is 0 Å². The van der Waals surface area contributed by atoms with Gasteiger partial charge in [-0.25, -0.2) is 4.98 Å². The van der Waals surface area contributed by atoms with E-state index in [1.54, 1.807) is 17.0 Å². The topological polar surface area (TPSA) is 100 Å². The predicted molar refractivity (Wildman–Crippen MR) is 91.4 cm³/mol. The van der Waals surface area contributed by atoms with Gasteiger partial charge in [-0.05, 0) is 12.1 Å². The number of carbonyl (C=O) groups excluding carboxylic acids is 1. The third-order valence-electron chi connectivity index (χ3n) is 4.02. The summed E-state index contributed by atoms with van der Waals surface area (Å²) in [5, 5.41) is 15.2. The number of aromatic amines is 1. The average Bonchev–Trinajstić information content (AvgIpc) is 3.12. The molecule has 1 aliphatic rings. The molecule has 3 rings (SSSR count). The first-order chi connectivity index (χ1) is 12.0. The highest BCUT2D eigenvalue weighted by Gasteiger charge is 2.29. The molecule has 1 atom stereocenters. The van der Waals surface area contributed by atoms with Crippen molar-refractivity contribution in [3.63, 3.8) is 0 Å². The number of amides is 1. The fourth-order valence-corrected chi connectivity index (χ4v) is 2.53. The number of anilines is 1. The predicted octanol–water partition coefficient (Wildman–Crippen LogP) is 0.998. The largest absolute Gasteiger partial charge is 0.367 e. The molecular formula is C16H23N7O2. The van der Waals surface area contributed by atoms with Crippen LogP contribution in [0.1, 0.15) is 48.0 Å². The van der Waals surface area contributed by atoms with Crippen molar-refractivity contribution in [1.29, 1.82) is 0 Å². The Morgan fingerprint density at radius 1 is 1.36 bits per heavy atom. The van der Waals surface area contributed by atoms with E-state index < -0.39 is 0 Å². The van der Waals surface area contributed by atoms with Crippen molar-refractivity contribution >= 4 is 11.7 Å². The first kappa shape index (κ1) is 17.3. The maximum atomic E-state index is 12.7. The van der Waals surface area contributed by atoms with E-state index in [-0.39, 0.29) is 17.9 Å². The zero-order valence-corrected chi connectivity index (χ0v) is 14.9. The van der Waals surface area contributed by atoms with Crippen LogP contribution in [-0.4, -0.2) is 70.0 Å². The fraction of sp³-hybridized carbons (Fsp3) is 0.562. The highest BCUT2D eigenvalue weighted by Crippen LogP contribution is 2.21. The zero-order chi connectivity index (χ0) is 18.0. The van der Waals surface area contributed by atoms with Gasteiger partial charge >= 0.3 is 0 Å². The number of morpholine rings is 1. The van der Waals surface area contributed by atoms with E-state index in [4.69, 9.17) is 4.74 Å². The van der Waals surface area contributed by atoms with Gasteiger partial charge in [-0.15, -0.1) is 10.2 Å². The molecule has 1 amide bonds. The van der Waals surface area contributed by atoms with Crippen LogP contribution in [-0.2, 0) is 4.74 Å². The number of hydrogen-bond donors (Lipinski definition) is 1. The third kappa shape index (κ3) is 3.76. The van der Waals surface area contributed by atoms with Crippen molar-refractivity contribution in [2.24, 2.45) is 0 Å². The monoisotopic (exact) mass is 345 g/mol. The Morgan fingerprint density at radius 2 is 2.16 bits per heavy atom. The molecule has 1 N–H and O–H groups in total. The molecule has 134 valence electrons. The highest BCUT2D eigenvalue weighted by atomic mass is 16.5. The molecule has 2 aromatic heterocycles. The summed E-state index contributed by atoms with van der Waals surface area (Å²) in [6.45, 7) is 5.42. The Bertz CT molecular complexity index is 726. The second-order valence-corrected chi connectivity index (χ2v) is 6.52. The molecule has 1 unspecified atom stereocenters. The van der Waals surface area contributed by atoms with Crippen molar-refractivity contribution in [2.45, 2.75) is 25.9 Å². The number of rotatable bonds is 4. The van der Waals surface area contributed by atoms with Gasteiger partial charge in [-0.2, -0.15) is 5.10 Å². The molecule has 9 nitrogen and oxygen atoms in total. The number of hydrogen-bond acceptors (Lipinski definition) is 7. The van der Waals surface area contributed by atoms with E-state index in [9.17, 15) is 4.79 Å². The molecule has 0 aromatic carbocycles. The maximum Gasteiger partial charge on any atom is 0.274 e. The Labute approximate surface area is 146 Å². The first-order valence-corrected chi connectivity index (χ1v) is 8.30. The van der Waals surface area contributed by atoms with Crippen LogP contribution in [0, 0.1) is 0 Å². The zero-order valence-electron chi connectivity index (χ0n) is 14.9. The molecule has 2 aromatic rings. The number of carbonyl (C=O) groups is 1. The lowest BCUT2D eigenvalue weighted by atomic mass is 10.2. The van der Waals surface area contributed by atoms with Gasteiger partial charge in [0, 0.05) is 26.6 Å². The van der Waals surface area contributed by atoms with Crippen molar-refractivity contribution in [1.82, 2.24) is 30.3 Å². The summed E-state index contributed by atoms with van der Waals surface area (Å²) in [5.74, 6) is 2.17. The SMILES string of the molecule is CC(C)c1n[nH]c(C2CN(C(=O)c3ccc(N(C)C)nn3)CCO2)n1. The lowest BCUT2D eigenvalue weighted by Gasteiger charge is -2.31. The van der Waals surface area contributed by atoms with Crippen molar-refractivity contribution in [3.8, 4) is 0 Å². The molecule has 9 heteroatoms. The Hall–Kier alpha value is -2.55. The Morgan fingerprint density at radius 3 is 2.76 bits per heavy atom. The summed E-state index contributed by atoms with van der Waals surface area (Å²) < 4.78 is 5.75. The third-order valence-corrected chi connectivity index (χ3v) is 4.02. The fourth-order valence-electron chi connectivity index (χ4n) is 2.53. The molecule has 25 heavy (non-hydrogen) atoms. The smallest absolute Gasteiger partial charge is 0.274 e. The van der Waals surface area contributed by atoms with Crippen LogP contribution in [0.25, 0.3) is 0 Å². The quantitative estimate of drug-likeness (QED) is 0.882. The van der Waals surface area contributed by atoms with Gasteiger partial charge in [0.2, 0.25) is 0 Å². The summed E-state index contributed by atoms with van der Waals surface area (Å²) in [4.78, 5) is 20.7. The summed E-state index contributed by atoms with van der Waals surface area (Å²) in [7, 11) is 3.75. The molecule has 0 bridgehead atoms. The Kier molecular flexibility index (Phi) is 4.93. The standard InChI is InChI=1S/C16H23N7O2/c1-10(2)14-17-15(21-20-14)12-9-23(7-8-25-12)16(24)11-5-6-13(19-18-11)22(3)4/h5-6,10,12H,7-9H2,1-4H3,(H,17,20,21). The second-order valence-electron chi connectivity index (χ2n) is 6.52. The number of aromatic nitrogens is 5. The summed E-state index contributed by atoms with van der Waals surface area (Å²) in [6, 6.07) is 3.48. The van der Waals surface area contributed by atoms with Crippen LogP contribution in [0.15, 0.2) is 12.1 Å². The van der Waals surface area contributed by atoms with Crippen molar-refractivity contribution in [3.05, 3.63) is 29.5 Å². The first-order valence-electron chi connectivity index (χ1n) is 8.30. The summed E-state index contributed by atoms with van der Waals surface area (Å²) in [6.07, 6.45) is -0.313. The molecule has 0 saturated carbocycles. The van der Waals surface area contributed by atoms with E-state index in [2.05, 4.69) is 25.4 Å². The van der Waals surface area contributed by atoms with Gasteiger partial charge in [0.15, 0.2) is 23.2 Å². The number of nitrogens with zero attached hydrogens (tertiary/aromatic N) is 6. The van der Waals surface area contributed by atoms with Gasteiger partial charge in [0.1, 0.15) is 6.10 Å². The molecule has 1 saturated heterocycles. The minimum Gasteiger partial charge on any atom is -0.367 e. The second kappa shape index (κ2) is 7.14. The van der Waals surface area contributed by atoms with E-state index in [1.165, 1.54) is 0 Å². The molecule has 0 aliphatic carbocycles. The minimum absolute atomic E-state index is 0.158. The van der Waals surface area contributed by atoms with Crippen LogP contribution in [0.5, 0.6) is 0 Å². The molecule has 1 fully saturated rings. The molecule has 0 radical (unpaired) electrons. The van der Waals surface area contributed by atoms with E-state index in [0.29, 0.717) is 37.0 Å². The average molecular weight is 345 g/mol. The molecular weight excluding hydrogens is 322 g/mol. The maximum absolute atomic E-state index is 12.7. The normalized spacial score (nSPS) is 17.8. The minimum atomic E-state index is -0.313. The highest BCUT2D eigenvalue weighted by molar-refractivity contribution is 5.92. The molecule has 3 heterocycles. The van der Waals surface area contributed by atoms with Gasteiger partial charge in [-0.3, -0.25) is 9.89 Å². The molecule has 0 spiro atoms. The van der Waals surface area contributed by atoms with Crippen LogP contribution in [0.4, 0.5) is 5.82 Å². The van der Waals surface area contributed by atoms with Gasteiger partial charge in [0.25, 0.3) is 5.91 Å². The van der Waals surface area contributed by atoms with E-state index in [1.807, 2.05) is 32.8 Å². The van der Waals surface area contributed by atoms with E-state index in [0.717, 1.165) is 5.82 Å². The lowest BCUT2D eigenvalue weighted by molar-refractivity contribution is -0.0269. The summed E-state index contributed by atoms with van der Waals surface area (Å²) in [5.41, 5.74) is 0.326. The van der Waals surface area contributed by atoms with E-state index >= 15 is 0 Å². The van der Waals surface area contributed by atoms with Crippen molar-refractivity contribution < 1.29 is 9.53 Å². The summed E-state index contributed by atoms with van der Waals surface area (Å²) >= 11 is 0.